The average Bonchev–Trinajstić information content (AvgIpc) is 3.08. The Kier molecular flexibility index (Phi) is 5.36. The smallest absolute Gasteiger partial charge is 0.234 e. The van der Waals surface area contributed by atoms with Crippen molar-refractivity contribution in [1.29, 1.82) is 0 Å². The minimum absolute atomic E-state index is 0.0865. The van der Waals surface area contributed by atoms with Crippen LogP contribution in [0.3, 0.4) is 0 Å². The summed E-state index contributed by atoms with van der Waals surface area (Å²) in [4.78, 5) is 12.2. The van der Waals surface area contributed by atoms with Gasteiger partial charge in [0.1, 0.15) is 0 Å². The summed E-state index contributed by atoms with van der Waals surface area (Å²) in [5, 5.41) is 11.7. The maximum absolute atomic E-state index is 12.2. The van der Waals surface area contributed by atoms with E-state index in [0.29, 0.717) is 3.95 Å². The molecule has 3 aromatic rings. The van der Waals surface area contributed by atoms with E-state index in [1.165, 1.54) is 23.1 Å². The molecule has 25 heavy (non-hydrogen) atoms. The number of aryl methyl sites for hydroxylation is 2. The molecule has 2 aromatic heterocycles. The number of aromatic nitrogens is 4. The molecule has 0 spiro atoms. The van der Waals surface area contributed by atoms with E-state index in [-0.39, 0.29) is 11.7 Å². The first-order valence-corrected chi connectivity index (χ1v) is 9.75. The van der Waals surface area contributed by atoms with Crippen LogP contribution in [-0.4, -0.2) is 31.2 Å². The molecular formula is C16H17N5OS3. The van der Waals surface area contributed by atoms with Crippen molar-refractivity contribution in [2.75, 3.05) is 11.1 Å². The molecule has 0 fully saturated rings. The van der Waals surface area contributed by atoms with Crippen molar-refractivity contribution in [3.63, 3.8) is 0 Å². The molecule has 1 aromatic carbocycles. The topological polar surface area (TPSA) is 64.7 Å². The van der Waals surface area contributed by atoms with E-state index < -0.39 is 0 Å². The number of carbonyl (C=O) groups is 1. The van der Waals surface area contributed by atoms with Gasteiger partial charge < -0.3 is 5.32 Å². The Hall–Kier alpha value is -1.97. The van der Waals surface area contributed by atoms with Gasteiger partial charge in [-0.2, -0.15) is 5.10 Å². The van der Waals surface area contributed by atoms with Gasteiger partial charge in [0.25, 0.3) is 0 Å². The Morgan fingerprint density at radius 3 is 2.64 bits per heavy atom. The zero-order valence-corrected chi connectivity index (χ0v) is 16.5. The Bertz CT molecular complexity index is 958. The van der Waals surface area contributed by atoms with E-state index in [1.54, 1.807) is 9.36 Å². The van der Waals surface area contributed by atoms with Crippen LogP contribution in [-0.2, 0) is 11.8 Å². The molecule has 0 atom stereocenters. The molecular weight excluding hydrogens is 374 g/mol. The molecule has 1 N–H and O–H groups in total. The van der Waals surface area contributed by atoms with E-state index in [0.717, 1.165) is 27.1 Å². The summed E-state index contributed by atoms with van der Waals surface area (Å²) in [6.07, 6.45) is 0. The largest absolute Gasteiger partial charge is 0.322 e. The van der Waals surface area contributed by atoms with Crippen molar-refractivity contribution in [3.05, 3.63) is 45.7 Å². The highest BCUT2D eigenvalue weighted by molar-refractivity contribution is 8.01. The molecule has 0 aliphatic heterocycles. The minimum atomic E-state index is -0.0865. The van der Waals surface area contributed by atoms with E-state index >= 15 is 0 Å². The van der Waals surface area contributed by atoms with E-state index in [1.807, 2.05) is 51.2 Å². The third kappa shape index (κ3) is 4.00. The fourth-order valence-corrected chi connectivity index (χ4v) is 4.47. The molecule has 6 nitrogen and oxygen atoms in total. The normalized spacial score (nSPS) is 10.8. The van der Waals surface area contributed by atoms with Gasteiger partial charge in [-0.1, -0.05) is 41.3 Å². The summed E-state index contributed by atoms with van der Waals surface area (Å²) in [7, 11) is 1.86. The Morgan fingerprint density at radius 2 is 2.00 bits per heavy atom. The van der Waals surface area contributed by atoms with Crippen LogP contribution < -0.4 is 5.32 Å². The molecule has 0 radical (unpaired) electrons. The number of carbonyl (C=O) groups excluding carboxylic acids is 1. The quantitative estimate of drug-likeness (QED) is 0.530. The lowest BCUT2D eigenvalue weighted by atomic mass is 10.3. The van der Waals surface area contributed by atoms with Gasteiger partial charge in [0, 0.05) is 7.05 Å². The van der Waals surface area contributed by atoms with Gasteiger partial charge in [0.05, 0.1) is 28.5 Å². The Balaban J connectivity index is 1.66. The molecule has 0 bridgehead atoms. The number of hydrogen-bond acceptors (Lipinski definition) is 6. The van der Waals surface area contributed by atoms with Gasteiger partial charge in [-0.25, -0.2) is 4.68 Å². The first-order chi connectivity index (χ1) is 12.0. The number of rotatable bonds is 5. The maximum Gasteiger partial charge on any atom is 0.234 e. The summed E-state index contributed by atoms with van der Waals surface area (Å²) in [5.74, 6) is 0.182. The highest BCUT2D eigenvalue weighted by atomic mass is 32.2. The summed E-state index contributed by atoms with van der Waals surface area (Å²) < 4.78 is 4.90. The van der Waals surface area contributed by atoms with Gasteiger partial charge in [-0.3, -0.25) is 9.48 Å². The van der Waals surface area contributed by atoms with Gasteiger partial charge >= 0.3 is 0 Å². The van der Waals surface area contributed by atoms with Gasteiger partial charge in [0.15, 0.2) is 8.29 Å². The van der Waals surface area contributed by atoms with Gasteiger partial charge in [-0.15, -0.1) is 5.10 Å². The SMILES string of the molecule is Cc1nn(C)c(C)c1NC(=O)CSc1nn(-c2ccccc2)c(=S)s1. The lowest BCUT2D eigenvalue weighted by Crippen LogP contribution is -2.15. The highest BCUT2D eigenvalue weighted by Gasteiger charge is 2.14. The van der Waals surface area contributed by atoms with Crippen LogP contribution in [0.25, 0.3) is 5.69 Å². The predicted molar refractivity (Wildman–Crippen MR) is 104 cm³/mol. The molecule has 0 saturated heterocycles. The van der Waals surface area contributed by atoms with Crippen molar-refractivity contribution in [2.45, 2.75) is 18.2 Å². The first kappa shape index (κ1) is 17.8. The van der Waals surface area contributed by atoms with Crippen molar-refractivity contribution in [2.24, 2.45) is 7.05 Å². The molecule has 0 unspecified atom stereocenters. The molecule has 0 aliphatic rings. The monoisotopic (exact) mass is 391 g/mol. The zero-order chi connectivity index (χ0) is 18.0. The minimum Gasteiger partial charge on any atom is -0.322 e. The number of nitrogens with zero attached hydrogens (tertiary/aromatic N) is 4. The molecule has 130 valence electrons. The number of nitrogens with one attached hydrogen (secondary N) is 1. The standard InChI is InChI=1S/C16H17N5OS3/c1-10-14(11(2)20(3)18-10)17-13(22)9-24-15-19-21(16(23)25-15)12-7-5-4-6-8-12/h4-8H,9H2,1-3H3,(H,17,22). The zero-order valence-electron chi connectivity index (χ0n) is 14.0. The number of amides is 1. The van der Waals surface area contributed by atoms with Gasteiger partial charge in [0.2, 0.25) is 5.91 Å². The van der Waals surface area contributed by atoms with Crippen molar-refractivity contribution < 1.29 is 4.79 Å². The Morgan fingerprint density at radius 1 is 1.28 bits per heavy atom. The van der Waals surface area contributed by atoms with Crippen LogP contribution in [0.4, 0.5) is 5.69 Å². The van der Waals surface area contributed by atoms with Crippen LogP contribution in [0.2, 0.25) is 0 Å². The fraction of sp³-hybridized carbons (Fsp3) is 0.250. The second kappa shape index (κ2) is 7.51. The average molecular weight is 392 g/mol. The molecule has 9 heteroatoms. The number of para-hydroxylation sites is 1. The highest BCUT2D eigenvalue weighted by Crippen LogP contribution is 2.25. The van der Waals surface area contributed by atoms with E-state index in [4.69, 9.17) is 12.2 Å². The van der Waals surface area contributed by atoms with Crippen molar-refractivity contribution in [1.82, 2.24) is 19.6 Å². The second-order valence-corrected chi connectivity index (χ2v) is 8.23. The molecule has 0 saturated carbocycles. The number of anilines is 1. The van der Waals surface area contributed by atoms with Gasteiger partial charge in [-0.05, 0) is 38.2 Å². The molecule has 0 aliphatic carbocycles. The summed E-state index contributed by atoms with van der Waals surface area (Å²) >= 11 is 8.15. The number of benzene rings is 1. The molecule has 3 rings (SSSR count). The van der Waals surface area contributed by atoms with Crippen LogP contribution in [0, 0.1) is 17.8 Å². The second-order valence-electron chi connectivity index (χ2n) is 5.39. The summed E-state index contributed by atoms with van der Waals surface area (Å²) in [5.41, 5.74) is 3.43. The predicted octanol–water partition coefficient (Wildman–Crippen LogP) is 3.74. The van der Waals surface area contributed by atoms with Crippen molar-refractivity contribution in [3.8, 4) is 5.69 Å². The number of hydrogen-bond donors (Lipinski definition) is 1. The lowest BCUT2D eigenvalue weighted by molar-refractivity contribution is -0.113. The first-order valence-electron chi connectivity index (χ1n) is 7.54. The van der Waals surface area contributed by atoms with Crippen LogP contribution in [0.15, 0.2) is 34.7 Å². The third-order valence-electron chi connectivity index (χ3n) is 3.63. The van der Waals surface area contributed by atoms with E-state index in [9.17, 15) is 4.79 Å². The number of thioether (sulfide) groups is 1. The summed E-state index contributed by atoms with van der Waals surface area (Å²) in [6.45, 7) is 3.80. The molecule has 1 amide bonds. The lowest BCUT2D eigenvalue weighted by Gasteiger charge is -2.04. The molecule has 2 heterocycles. The van der Waals surface area contributed by atoms with Crippen LogP contribution >= 0.6 is 35.3 Å². The van der Waals surface area contributed by atoms with Crippen LogP contribution in [0.1, 0.15) is 11.4 Å². The van der Waals surface area contributed by atoms with Crippen LogP contribution in [0.5, 0.6) is 0 Å². The van der Waals surface area contributed by atoms with E-state index in [2.05, 4.69) is 15.5 Å². The van der Waals surface area contributed by atoms with Crippen molar-refractivity contribution >= 4 is 46.9 Å². The fourth-order valence-electron chi connectivity index (χ4n) is 2.31. The summed E-state index contributed by atoms with van der Waals surface area (Å²) in [6, 6.07) is 9.72. The maximum atomic E-state index is 12.2. The third-order valence-corrected chi connectivity index (χ3v) is 6.00. The Labute approximate surface area is 158 Å².